The minimum Gasteiger partial charge on any atom is -0.309 e. The molecule has 0 atom stereocenters. The Hall–Kier alpha value is -16.7. The second-order valence-electron chi connectivity index (χ2n) is 32.3. The van der Waals surface area contributed by atoms with Gasteiger partial charge in [-0.25, -0.2) is 19.9 Å². The summed E-state index contributed by atoms with van der Waals surface area (Å²) in [5.41, 5.74) is 26.9. The van der Waals surface area contributed by atoms with Gasteiger partial charge in [-0.15, -0.1) is 0 Å². The lowest BCUT2D eigenvalue weighted by Crippen LogP contribution is -2.03. The lowest BCUT2D eigenvalue weighted by atomic mass is 9.89. The number of para-hydroxylation sites is 8. The van der Waals surface area contributed by atoms with E-state index < -0.39 is 0 Å². The number of hydrogen-bond donors (Lipinski definition) is 0. The zero-order valence-corrected chi connectivity index (χ0v) is 67.1. The van der Waals surface area contributed by atoms with E-state index >= 15 is 0 Å². The standard InChI is InChI=1S/2C58H36N4/c1-3-15-37(16-4-1)56-48-23-9-12-24-52(48)59-58(60-56)62-54-26-14-11-21-46(54)51-36-49(44-19-7-8-22-47(44)57(51)62)42-30-29-38-33-39(27-28-40(38)34-42)41-31-32-55-50(35-41)45-20-10-13-25-53(45)61(55)43-17-5-2-6-18-43;1-3-17-37(18-4-1)56-48-27-11-14-28-52(48)59-58(60-56)62-54-30-16-13-25-46(54)51-36-49(43-23-9-10-26-47(43)57(51)62)44-33-32-40(41-21-7-8-22-42(41)44)38-31-34-55-50(35-38)45-24-12-15-29-53(45)61(55)39-19-5-2-6-20-39/h2*1-36H. The first kappa shape index (κ1) is 70.3. The number of fused-ring (bicyclic) bond motifs is 20. The van der Waals surface area contributed by atoms with Crippen LogP contribution in [-0.2, 0) is 0 Å². The van der Waals surface area contributed by atoms with E-state index in [1.54, 1.807) is 0 Å². The van der Waals surface area contributed by atoms with Crippen molar-refractivity contribution in [3.05, 3.63) is 437 Å². The second-order valence-corrected chi connectivity index (χ2v) is 32.3. The van der Waals surface area contributed by atoms with Crippen LogP contribution in [0.5, 0.6) is 0 Å². The number of nitrogens with zero attached hydrogens (tertiary/aromatic N) is 8. The molecule has 0 radical (unpaired) electrons. The van der Waals surface area contributed by atoms with Crippen molar-refractivity contribution in [2.24, 2.45) is 0 Å². The molecule has 0 N–H and O–H groups in total. The largest absolute Gasteiger partial charge is 0.309 e. The van der Waals surface area contributed by atoms with Crippen LogP contribution in [0, 0.1) is 0 Å². The molecule has 8 heteroatoms. The van der Waals surface area contributed by atoms with Crippen LogP contribution >= 0.6 is 0 Å². The van der Waals surface area contributed by atoms with E-state index in [9.17, 15) is 0 Å². The third kappa shape index (κ3) is 11.2. The molecule has 0 aliphatic carbocycles. The summed E-state index contributed by atoms with van der Waals surface area (Å²) in [7, 11) is 0. The Labute approximate surface area is 712 Å². The molecule has 8 nitrogen and oxygen atoms in total. The van der Waals surface area contributed by atoms with Crippen LogP contribution in [0.15, 0.2) is 437 Å². The fourth-order valence-corrected chi connectivity index (χ4v) is 19.9. The second kappa shape index (κ2) is 28.5. The van der Waals surface area contributed by atoms with Gasteiger partial charge in [0, 0.05) is 87.1 Å². The van der Waals surface area contributed by atoms with Crippen LogP contribution in [0.3, 0.4) is 0 Å². The molecule has 576 valence electrons. The van der Waals surface area contributed by atoms with Gasteiger partial charge in [-0.05, 0) is 186 Å². The van der Waals surface area contributed by atoms with Crippen LogP contribution in [-0.4, -0.2) is 38.2 Å². The van der Waals surface area contributed by atoms with Gasteiger partial charge in [0.05, 0.1) is 66.6 Å². The minimum atomic E-state index is 0.658. The van der Waals surface area contributed by atoms with Gasteiger partial charge in [-0.3, -0.25) is 9.13 Å². The molecule has 0 saturated carbocycles. The van der Waals surface area contributed by atoms with Crippen molar-refractivity contribution in [2.75, 3.05) is 0 Å². The molecular formula is C116H72N8. The Morgan fingerprint density at radius 2 is 0.460 bits per heavy atom. The fraction of sp³-hybridized carbons (Fsp3) is 0. The van der Waals surface area contributed by atoms with Crippen molar-refractivity contribution >= 4 is 152 Å². The molecule has 26 rings (SSSR count). The molecule has 0 saturated heterocycles. The maximum Gasteiger partial charge on any atom is 0.235 e. The highest BCUT2D eigenvalue weighted by molar-refractivity contribution is 6.25. The Morgan fingerprint density at radius 3 is 0.944 bits per heavy atom. The molecule has 26 aromatic rings. The van der Waals surface area contributed by atoms with E-state index in [0.717, 1.165) is 88.2 Å². The van der Waals surface area contributed by atoms with E-state index in [4.69, 9.17) is 19.9 Å². The molecule has 0 fully saturated rings. The Bertz CT molecular complexity index is 8870. The molecule has 20 aromatic carbocycles. The van der Waals surface area contributed by atoms with Gasteiger partial charge in [0.2, 0.25) is 11.9 Å². The SMILES string of the molecule is c1ccc(-c2nc(-n3c4ccccc4c4cc(-c5ccc(-c6ccc7c(c6)c6ccccc6n7-c6ccccc6)c6ccccc56)c5ccccc5c43)nc3ccccc23)cc1.c1ccc(-c2nc(-n3c4ccccc4c4cc(-c5ccc6cc(-c7ccc8c(c7)c7ccccc7n8-c7ccccc7)ccc6c5)c5ccccc5c43)nc3ccccc23)cc1. The van der Waals surface area contributed by atoms with E-state index in [1.165, 1.54) is 142 Å². The van der Waals surface area contributed by atoms with Crippen LogP contribution < -0.4 is 0 Å². The van der Waals surface area contributed by atoms with Gasteiger partial charge in [-0.1, -0.05) is 328 Å². The molecule has 6 heterocycles. The topological polar surface area (TPSA) is 71.3 Å². The first-order valence-corrected chi connectivity index (χ1v) is 42.3. The van der Waals surface area contributed by atoms with E-state index in [0.29, 0.717) is 11.9 Å². The number of benzene rings is 20. The Balaban J connectivity index is 0.000000136. The summed E-state index contributed by atoms with van der Waals surface area (Å²) in [6.07, 6.45) is 0. The van der Waals surface area contributed by atoms with Crippen molar-refractivity contribution in [1.29, 1.82) is 0 Å². The first-order chi connectivity index (χ1) is 61.5. The number of rotatable bonds is 10. The summed E-state index contributed by atoms with van der Waals surface area (Å²) in [4.78, 5) is 21.3. The average Bonchev–Trinajstić information content (AvgIpc) is 1.57. The van der Waals surface area contributed by atoms with Gasteiger partial charge in [0.25, 0.3) is 0 Å². The van der Waals surface area contributed by atoms with Gasteiger partial charge < -0.3 is 9.13 Å². The fourth-order valence-electron chi connectivity index (χ4n) is 19.9. The summed E-state index contributed by atoms with van der Waals surface area (Å²) in [6, 6.07) is 157. The molecule has 0 aliphatic heterocycles. The van der Waals surface area contributed by atoms with E-state index in [2.05, 4.69) is 443 Å². The van der Waals surface area contributed by atoms with Gasteiger partial charge >= 0.3 is 0 Å². The zero-order chi connectivity index (χ0) is 81.5. The monoisotopic (exact) mass is 1580 g/mol. The quantitative estimate of drug-likeness (QED) is 0.137. The van der Waals surface area contributed by atoms with Crippen LogP contribution in [0.1, 0.15) is 0 Å². The van der Waals surface area contributed by atoms with E-state index in [1.807, 2.05) is 12.1 Å². The number of aromatic nitrogens is 8. The first-order valence-electron chi connectivity index (χ1n) is 42.3. The van der Waals surface area contributed by atoms with Crippen molar-refractivity contribution < 1.29 is 0 Å². The molecule has 6 aromatic heterocycles. The van der Waals surface area contributed by atoms with Crippen LogP contribution in [0.2, 0.25) is 0 Å². The van der Waals surface area contributed by atoms with Crippen molar-refractivity contribution in [1.82, 2.24) is 38.2 Å². The van der Waals surface area contributed by atoms with Crippen LogP contribution in [0.4, 0.5) is 0 Å². The lowest BCUT2D eigenvalue weighted by molar-refractivity contribution is 1.02. The third-order valence-electron chi connectivity index (χ3n) is 25.4. The maximum absolute atomic E-state index is 5.38. The molecule has 0 amide bonds. The molecule has 0 spiro atoms. The molecular weight excluding hydrogens is 1510 g/mol. The highest BCUT2D eigenvalue weighted by atomic mass is 15.2. The Morgan fingerprint density at radius 1 is 0.153 bits per heavy atom. The predicted molar refractivity (Wildman–Crippen MR) is 519 cm³/mol. The zero-order valence-electron chi connectivity index (χ0n) is 67.1. The van der Waals surface area contributed by atoms with Crippen LogP contribution in [0.25, 0.3) is 242 Å². The normalized spacial score (nSPS) is 11.9. The summed E-state index contributed by atoms with van der Waals surface area (Å²) < 4.78 is 9.30. The lowest BCUT2D eigenvalue weighted by Gasteiger charge is -2.16. The molecule has 0 aliphatic rings. The van der Waals surface area contributed by atoms with Crippen molar-refractivity contribution in [2.45, 2.75) is 0 Å². The third-order valence-corrected chi connectivity index (χ3v) is 25.4. The van der Waals surface area contributed by atoms with Gasteiger partial charge in [-0.2, -0.15) is 0 Å². The molecule has 0 unspecified atom stereocenters. The summed E-state index contributed by atoms with van der Waals surface area (Å²) in [5, 5.41) is 21.3. The summed E-state index contributed by atoms with van der Waals surface area (Å²) >= 11 is 0. The highest BCUT2D eigenvalue weighted by Gasteiger charge is 2.26. The average molecular weight is 1580 g/mol. The molecule has 0 bridgehead atoms. The summed E-state index contributed by atoms with van der Waals surface area (Å²) in [6.45, 7) is 0. The maximum atomic E-state index is 5.38. The summed E-state index contributed by atoms with van der Waals surface area (Å²) in [5.74, 6) is 1.32. The Kier molecular flexibility index (Phi) is 16.2. The van der Waals surface area contributed by atoms with Crippen molar-refractivity contribution in [3.63, 3.8) is 0 Å². The van der Waals surface area contributed by atoms with E-state index in [-0.39, 0.29) is 0 Å². The highest BCUT2D eigenvalue weighted by Crippen LogP contribution is 2.48. The smallest absolute Gasteiger partial charge is 0.235 e. The van der Waals surface area contributed by atoms with Crippen molar-refractivity contribution in [3.8, 4) is 90.3 Å². The van der Waals surface area contributed by atoms with Gasteiger partial charge in [0.15, 0.2) is 0 Å². The molecule has 124 heavy (non-hydrogen) atoms. The van der Waals surface area contributed by atoms with Gasteiger partial charge in [0.1, 0.15) is 0 Å². The number of hydrogen-bond acceptors (Lipinski definition) is 4. The minimum absolute atomic E-state index is 0.658. The predicted octanol–water partition coefficient (Wildman–Crippen LogP) is 30.3.